The molecule has 0 fully saturated rings. The lowest BCUT2D eigenvalue weighted by Gasteiger charge is -2.13. The van der Waals surface area contributed by atoms with Gasteiger partial charge in [0, 0.05) is 11.8 Å². The van der Waals surface area contributed by atoms with Crippen LogP contribution in [0.4, 0.5) is 5.69 Å². The van der Waals surface area contributed by atoms with Crippen LogP contribution in [0, 0.1) is 5.92 Å². The Kier molecular flexibility index (Phi) is 7.83. The molecule has 0 atom stereocenters. The number of carbonyl (C=O) groups excluding carboxylic acids is 1. The fourth-order valence-corrected chi connectivity index (χ4v) is 2.71. The number of hydrogen-bond donors (Lipinski definition) is 2. The van der Waals surface area contributed by atoms with Crippen molar-refractivity contribution in [3.63, 3.8) is 0 Å². The second kappa shape index (κ2) is 10.1. The van der Waals surface area contributed by atoms with Gasteiger partial charge in [-0.05, 0) is 56.7 Å². The standard InChI is InChI=1S/C20H30N2O2/c1-16(2)15-24-19-10-6-9-18(13-19)22-20(23)14-21-12-11-17-7-4-3-5-8-17/h6-7,9-10,13,16,21H,3-5,8,11-12,14-15H2,1-2H3,(H,22,23). The highest BCUT2D eigenvalue weighted by atomic mass is 16.5. The van der Waals surface area contributed by atoms with E-state index in [2.05, 4.69) is 30.6 Å². The quantitative estimate of drug-likeness (QED) is 0.528. The number of ether oxygens (including phenoxy) is 1. The van der Waals surface area contributed by atoms with Gasteiger partial charge in [-0.25, -0.2) is 0 Å². The van der Waals surface area contributed by atoms with Gasteiger partial charge in [-0.3, -0.25) is 4.79 Å². The first-order chi connectivity index (χ1) is 11.6. The molecule has 0 aromatic heterocycles. The SMILES string of the molecule is CC(C)COc1cccc(NC(=O)CNCCC2=CCCCC2)c1. The molecule has 0 heterocycles. The number of allylic oxidation sites excluding steroid dienone is 1. The second-order valence-corrected chi connectivity index (χ2v) is 6.82. The lowest BCUT2D eigenvalue weighted by Crippen LogP contribution is -2.29. The highest BCUT2D eigenvalue weighted by Crippen LogP contribution is 2.19. The number of carbonyl (C=O) groups is 1. The Labute approximate surface area is 145 Å². The topological polar surface area (TPSA) is 50.4 Å². The first kappa shape index (κ1) is 18.5. The summed E-state index contributed by atoms with van der Waals surface area (Å²) < 4.78 is 5.68. The molecule has 1 aliphatic rings. The van der Waals surface area contributed by atoms with Gasteiger partial charge < -0.3 is 15.4 Å². The molecule has 1 aliphatic carbocycles. The maximum Gasteiger partial charge on any atom is 0.238 e. The minimum Gasteiger partial charge on any atom is -0.493 e. The van der Waals surface area contributed by atoms with Gasteiger partial charge in [-0.15, -0.1) is 0 Å². The van der Waals surface area contributed by atoms with Crippen molar-refractivity contribution in [2.75, 3.05) is 25.0 Å². The Balaban J connectivity index is 1.68. The van der Waals surface area contributed by atoms with Gasteiger partial charge >= 0.3 is 0 Å². The molecule has 2 N–H and O–H groups in total. The summed E-state index contributed by atoms with van der Waals surface area (Å²) >= 11 is 0. The van der Waals surface area contributed by atoms with Gasteiger partial charge in [-0.2, -0.15) is 0 Å². The average Bonchev–Trinajstić information content (AvgIpc) is 2.58. The molecule has 0 bridgehead atoms. The molecule has 4 nitrogen and oxygen atoms in total. The van der Waals surface area contributed by atoms with Crippen LogP contribution in [0.15, 0.2) is 35.9 Å². The molecule has 1 aromatic rings. The van der Waals surface area contributed by atoms with Crippen LogP contribution in [0.1, 0.15) is 46.0 Å². The van der Waals surface area contributed by atoms with E-state index >= 15 is 0 Å². The fourth-order valence-electron chi connectivity index (χ4n) is 2.71. The van der Waals surface area contributed by atoms with Crippen molar-refractivity contribution in [1.29, 1.82) is 0 Å². The number of rotatable bonds is 9. The van der Waals surface area contributed by atoms with Crippen molar-refractivity contribution in [3.8, 4) is 5.75 Å². The van der Waals surface area contributed by atoms with Gasteiger partial charge in [0.15, 0.2) is 0 Å². The van der Waals surface area contributed by atoms with Crippen LogP contribution >= 0.6 is 0 Å². The molecule has 0 radical (unpaired) electrons. The number of amides is 1. The van der Waals surface area contributed by atoms with E-state index in [9.17, 15) is 4.79 Å². The van der Waals surface area contributed by atoms with Crippen LogP contribution in [0.5, 0.6) is 5.75 Å². The van der Waals surface area contributed by atoms with Crippen LogP contribution in [0.25, 0.3) is 0 Å². The van der Waals surface area contributed by atoms with Crippen LogP contribution in [0.3, 0.4) is 0 Å². The molecule has 24 heavy (non-hydrogen) atoms. The van der Waals surface area contributed by atoms with E-state index in [1.54, 1.807) is 0 Å². The molecule has 0 saturated heterocycles. The first-order valence-electron chi connectivity index (χ1n) is 9.05. The van der Waals surface area contributed by atoms with Crippen LogP contribution in [-0.2, 0) is 4.79 Å². The van der Waals surface area contributed by atoms with Crippen molar-refractivity contribution < 1.29 is 9.53 Å². The maximum atomic E-state index is 12.0. The zero-order valence-electron chi connectivity index (χ0n) is 14.9. The van der Waals surface area contributed by atoms with Crippen LogP contribution < -0.4 is 15.4 Å². The predicted octanol–water partition coefficient (Wildman–Crippen LogP) is 4.14. The second-order valence-electron chi connectivity index (χ2n) is 6.82. The van der Waals surface area contributed by atoms with E-state index < -0.39 is 0 Å². The summed E-state index contributed by atoms with van der Waals surface area (Å²) in [7, 11) is 0. The number of nitrogens with one attached hydrogen (secondary N) is 2. The monoisotopic (exact) mass is 330 g/mol. The van der Waals surface area contributed by atoms with Crippen molar-refractivity contribution in [1.82, 2.24) is 5.32 Å². The van der Waals surface area contributed by atoms with Gasteiger partial charge in [0.05, 0.1) is 13.2 Å². The Morgan fingerprint density at radius 1 is 1.29 bits per heavy atom. The van der Waals surface area contributed by atoms with Gasteiger partial charge in [-0.1, -0.05) is 31.6 Å². The first-order valence-corrected chi connectivity index (χ1v) is 9.05. The molecule has 0 aliphatic heterocycles. The summed E-state index contributed by atoms with van der Waals surface area (Å²) in [4.78, 5) is 12.0. The summed E-state index contributed by atoms with van der Waals surface area (Å²) in [5, 5.41) is 6.14. The summed E-state index contributed by atoms with van der Waals surface area (Å²) in [6.45, 7) is 6.09. The Bertz CT molecular complexity index is 552. The maximum absolute atomic E-state index is 12.0. The molecule has 4 heteroatoms. The summed E-state index contributed by atoms with van der Waals surface area (Å²) in [6.07, 6.45) is 8.46. The summed E-state index contributed by atoms with van der Waals surface area (Å²) in [5.41, 5.74) is 2.31. The van der Waals surface area contributed by atoms with E-state index in [1.807, 2.05) is 24.3 Å². The smallest absolute Gasteiger partial charge is 0.238 e. The van der Waals surface area contributed by atoms with E-state index in [-0.39, 0.29) is 5.91 Å². The molecule has 2 rings (SSSR count). The zero-order valence-corrected chi connectivity index (χ0v) is 14.9. The Morgan fingerprint density at radius 3 is 2.92 bits per heavy atom. The lowest BCUT2D eigenvalue weighted by molar-refractivity contribution is -0.115. The lowest BCUT2D eigenvalue weighted by atomic mass is 9.97. The molecular weight excluding hydrogens is 300 g/mol. The molecule has 0 saturated carbocycles. The third-order valence-electron chi connectivity index (χ3n) is 3.99. The van der Waals surface area contributed by atoms with Gasteiger partial charge in [0.1, 0.15) is 5.75 Å². The highest BCUT2D eigenvalue weighted by Gasteiger charge is 2.06. The minimum absolute atomic E-state index is 0.0198. The van der Waals surface area contributed by atoms with Gasteiger partial charge in [0.2, 0.25) is 5.91 Å². The molecule has 132 valence electrons. The predicted molar refractivity (Wildman–Crippen MR) is 99.4 cm³/mol. The third kappa shape index (κ3) is 7.18. The van der Waals surface area contributed by atoms with Crippen molar-refractivity contribution >= 4 is 11.6 Å². The van der Waals surface area contributed by atoms with Crippen molar-refractivity contribution in [2.24, 2.45) is 5.92 Å². The normalized spacial score (nSPS) is 14.4. The fraction of sp³-hybridized carbons (Fsp3) is 0.550. The van der Waals surface area contributed by atoms with Crippen LogP contribution in [-0.4, -0.2) is 25.6 Å². The summed E-state index contributed by atoms with van der Waals surface area (Å²) in [5.74, 6) is 1.25. The molecule has 1 aromatic carbocycles. The minimum atomic E-state index is -0.0198. The van der Waals surface area contributed by atoms with E-state index in [1.165, 1.54) is 31.3 Å². The van der Waals surface area contributed by atoms with Gasteiger partial charge in [0.25, 0.3) is 0 Å². The van der Waals surface area contributed by atoms with E-state index in [0.717, 1.165) is 24.4 Å². The molecular formula is C20H30N2O2. The average molecular weight is 330 g/mol. The zero-order chi connectivity index (χ0) is 17.2. The van der Waals surface area contributed by atoms with E-state index in [4.69, 9.17) is 4.74 Å². The third-order valence-corrected chi connectivity index (χ3v) is 3.99. The Morgan fingerprint density at radius 2 is 2.17 bits per heavy atom. The molecule has 0 spiro atoms. The van der Waals surface area contributed by atoms with Crippen LogP contribution in [0.2, 0.25) is 0 Å². The largest absolute Gasteiger partial charge is 0.493 e. The number of anilines is 1. The Hall–Kier alpha value is -1.81. The van der Waals surface area contributed by atoms with Crippen molar-refractivity contribution in [3.05, 3.63) is 35.9 Å². The van der Waals surface area contributed by atoms with Crippen molar-refractivity contribution in [2.45, 2.75) is 46.0 Å². The highest BCUT2D eigenvalue weighted by molar-refractivity contribution is 5.92. The molecule has 1 amide bonds. The number of benzene rings is 1. The molecule has 0 unspecified atom stereocenters. The number of hydrogen-bond acceptors (Lipinski definition) is 3. The summed E-state index contributed by atoms with van der Waals surface area (Å²) in [6, 6.07) is 7.56. The van der Waals surface area contributed by atoms with E-state index in [0.29, 0.717) is 19.1 Å².